The summed E-state index contributed by atoms with van der Waals surface area (Å²) in [5.41, 5.74) is 1.70. The quantitative estimate of drug-likeness (QED) is 0.518. The molecule has 33 heavy (non-hydrogen) atoms. The van der Waals surface area contributed by atoms with E-state index in [0.717, 1.165) is 0 Å². The summed E-state index contributed by atoms with van der Waals surface area (Å²) in [6, 6.07) is 12.3. The molecule has 3 rings (SSSR count). The molecule has 0 spiro atoms. The van der Waals surface area contributed by atoms with E-state index < -0.39 is 5.91 Å². The fourth-order valence-corrected chi connectivity index (χ4v) is 3.49. The van der Waals surface area contributed by atoms with Gasteiger partial charge in [-0.2, -0.15) is 0 Å². The Kier molecular flexibility index (Phi) is 7.95. The molecule has 0 saturated heterocycles. The van der Waals surface area contributed by atoms with Gasteiger partial charge in [-0.05, 0) is 50.6 Å². The smallest absolute Gasteiger partial charge is 0.278 e. The highest BCUT2D eigenvalue weighted by atomic mass is 16.5. The summed E-state index contributed by atoms with van der Waals surface area (Å²) in [5.74, 6) is 0.968. The standard InChI is InChI=1S/C25H30N2O6/c1-6-32-19-10-7-17(8-11-19)22-23(25(29)27(24(22)28)13-14-33-16(2)3)26-18-9-12-20(30-4)21(15-18)31-5/h7-12,15-16,26H,6,13-14H2,1-5H3. The normalized spacial score (nSPS) is 13.7. The summed E-state index contributed by atoms with van der Waals surface area (Å²) in [4.78, 5) is 27.8. The lowest BCUT2D eigenvalue weighted by atomic mass is 10.0. The van der Waals surface area contributed by atoms with E-state index in [1.54, 1.807) is 49.6 Å². The number of rotatable bonds is 11. The Labute approximate surface area is 194 Å². The molecular formula is C25H30N2O6. The van der Waals surface area contributed by atoms with Crippen molar-refractivity contribution in [3.63, 3.8) is 0 Å². The molecule has 8 heteroatoms. The fraction of sp³-hybridized carbons (Fsp3) is 0.360. The molecule has 8 nitrogen and oxygen atoms in total. The van der Waals surface area contributed by atoms with Crippen molar-refractivity contribution in [1.82, 2.24) is 4.90 Å². The zero-order chi connectivity index (χ0) is 24.0. The van der Waals surface area contributed by atoms with Gasteiger partial charge in [0.1, 0.15) is 11.4 Å². The zero-order valence-corrected chi connectivity index (χ0v) is 19.6. The van der Waals surface area contributed by atoms with Gasteiger partial charge < -0.3 is 24.3 Å². The van der Waals surface area contributed by atoms with Crippen molar-refractivity contribution in [3.05, 3.63) is 53.7 Å². The van der Waals surface area contributed by atoms with Crippen molar-refractivity contribution in [1.29, 1.82) is 0 Å². The van der Waals surface area contributed by atoms with E-state index in [9.17, 15) is 9.59 Å². The number of nitrogens with zero attached hydrogens (tertiary/aromatic N) is 1. The van der Waals surface area contributed by atoms with E-state index in [-0.39, 0.29) is 30.9 Å². The van der Waals surface area contributed by atoms with Gasteiger partial charge in [0.15, 0.2) is 11.5 Å². The molecule has 0 saturated carbocycles. The molecule has 0 radical (unpaired) electrons. The Morgan fingerprint density at radius 3 is 2.24 bits per heavy atom. The Balaban J connectivity index is 1.97. The van der Waals surface area contributed by atoms with Gasteiger partial charge in [-0.1, -0.05) is 12.1 Å². The zero-order valence-electron chi connectivity index (χ0n) is 19.6. The first-order chi connectivity index (χ1) is 15.9. The maximum atomic E-state index is 13.3. The van der Waals surface area contributed by atoms with E-state index in [1.165, 1.54) is 12.0 Å². The minimum atomic E-state index is -0.411. The van der Waals surface area contributed by atoms with Crippen LogP contribution >= 0.6 is 0 Å². The molecule has 1 heterocycles. The molecular weight excluding hydrogens is 424 g/mol. The summed E-state index contributed by atoms with van der Waals surface area (Å²) >= 11 is 0. The molecule has 0 bridgehead atoms. The van der Waals surface area contributed by atoms with E-state index in [4.69, 9.17) is 18.9 Å². The van der Waals surface area contributed by atoms with E-state index >= 15 is 0 Å². The van der Waals surface area contributed by atoms with Gasteiger partial charge in [-0.25, -0.2) is 0 Å². The molecule has 0 atom stereocenters. The van der Waals surface area contributed by atoms with Crippen LogP contribution < -0.4 is 19.5 Å². The maximum Gasteiger partial charge on any atom is 0.278 e. The number of methoxy groups -OCH3 is 2. The van der Waals surface area contributed by atoms with Crippen LogP contribution in [0.1, 0.15) is 26.3 Å². The second-order valence-electron chi connectivity index (χ2n) is 7.58. The van der Waals surface area contributed by atoms with Crippen LogP contribution in [0.2, 0.25) is 0 Å². The molecule has 1 aliphatic rings. The summed E-state index contributed by atoms with van der Waals surface area (Å²) in [5, 5.41) is 3.12. The number of hydrogen-bond acceptors (Lipinski definition) is 7. The topological polar surface area (TPSA) is 86.3 Å². The van der Waals surface area contributed by atoms with Crippen LogP contribution in [-0.2, 0) is 14.3 Å². The summed E-state index contributed by atoms with van der Waals surface area (Å²) in [6.45, 7) is 6.67. The highest BCUT2D eigenvalue weighted by Crippen LogP contribution is 2.34. The van der Waals surface area contributed by atoms with Crippen molar-refractivity contribution < 1.29 is 28.5 Å². The van der Waals surface area contributed by atoms with E-state index in [2.05, 4.69) is 5.32 Å². The lowest BCUT2D eigenvalue weighted by Gasteiger charge is -2.16. The molecule has 2 aromatic rings. The SMILES string of the molecule is CCOc1ccc(C2=C(Nc3ccc(OC)c(OC)c3)C(=O)N(CCOC(C)C)C2=O)cc1. The first-order valence-electron chi connectivity index (χ1n) is 10.8. The fourth-order valence-electron chi connectivity index (χ4n) is 3.49. The van der Waals surface area contributed by atoms with Crippen LogP contribution in [0.25, 0.3) is 5.57 Å². The Morgan fingerprint density at radius 2 is 1.64 bits per heavy atom. The van der Waals surface area contributed by atoms with E-state index in [1.807, 2.05) is 20.8 Å². The van der Waals surface area contributed by atoms with Crippen molar-refractivity contribution in [3.8, 4) is 17.2 Å². The molecule has 1 aliphatic heterocycles. The number of anilines is 1. The second kappa shape index (κ2) is 10.9. The van der Waals surface area contributed by atoms with Gasteiger partial charge in [-0.3, -0.25) is 14.5 Å². The van der Waals surface area contributed by atoms with Gasteiger partial charge >= 0.3 is 0 Å². The van der Waals surface area contributed by atoms with Crippen LogP contribution in [-0.4, -0.2) is 56.8 Å². The number of benzene rings is 2. The first-order valence-corrected chi connectivity index (χ1v) is 10.8. The second-order valence-corrected chi connectivity index (χ2v) is 7.58. The Hall–Kier alpha value is -3.52. The number of carbonyl (C=O) groups excluding carboxylic acids is 2. The predicted octanol–water partition coefficient (Wildman–Crippen LogP) is 3.72. The summed E-state index contributed by atoms with van der Waals surface area (Å²) in [7, 11) is 3.08. The van der Waals surface area contributed by atoms with Crippen molar-refractivity contribution in [2.45, 2.75) is 26.9 Å². The minimum Gasteiger partial charge on any atom is -0.494 e. The van der Waals surface area contributed by atoms with Crippen LogP contribution in [0.4, 0.5) is 5.69 Å². The molecule has 2 aromatic carbocycles. The monoisotopic (exact) mass is 454 g/mol. The van der Waals surface area contributed by atoms with Gasteiger partial charge in [0.2, 0.25) is 0 Å². The molecule has 0 aromatic heterocycles. The van der Waals surface area contributed by atoms with Gasteiger partial charge in [-0.15, -0.1) is 0 Å². The largest absolute Gasteiger partial charge is 0.494 e. The number of hydrogen-bond donors (Lipinski definition) is 1. The van der Waals surface area contributed by atoms with Crippen molar-refractivity contribution in [2.75, 3.05) is 39.3 Å². The molecule has 0 fully saturated rings. The first kappa shape index (κ1) is 24.1. The third-order valence-electron chi connectivity index (χ3n) is 5.04. The average molecular weight is 455 g/mol. The molecule has 176 valence electrons. The number of carbonyl (C=O) groups is 2. The van der Waals surface area contributed by atoms with Gasteiger partial charge in [0.05, 0.1) is 45.7 Å². The third kappa shape index (κ3) is 5.46. The number of imide groups is 1. The van der Waals surface area contributed by atoms with Gasteiger partial charge in [0, 0.05) is 11.8 Å². The molecule has 1 N–H and O–H groups in total. The number of ether oxygens (including phenoxy) is 4. The molecule has 0 unspecified atom stereocenters. The maximum absolute atomic E-state index is 13.3. The highest BCUT2D eigenvalue weighted by molar-refractivity contribution is 6.36. The van der Waals surface area contributed by atoms with Crippen molar-refractivity contribution in [2.24, 2.45) is 0 Å². The number of nitrogens with one attached hydrogen (secondary N) is 1. The van der Waals surface area contributed by atoms with Crippen LogP contribution in [0.15, 0.2) is 48.2 Å². The number of amides is 2. The van der Waals surface area contributed by atoms with Crippen LogP contribution in [0, 0.1) is 0 Å². The molecule has 0 aliphatic carbocycles. The summed E-state index contributed by atoms with van der Waals surface area (Å²) < 4.78 is 21.7. The lowest BCUT2D eigenvalue weighted by molar-refractivity contribution is -0.137. The minimum absolute atomic E-state index is 0.000654. The van der Waals surface area contributed by atoms with Crippen molar-refractivity contribution >= 4 is 23.1 Å². The van der Waals surface area contributed by atoms with E-state index in [0.29, 0.717) is 40.7 Å². The Bertz CT molecular complexity index is 1030. The average Bonchev–Trinajstić information content (AvgIpc) is 3.03. The highest BCUT2D eigenvalue weighted by Gasteiger charge is 2.39. The Morgan fingerprint density at radius 1 is 0.939 bits per heavy atom. The van der Waals surface area contributed by atoms with Crippen LogP contribution in [0.3, 0.4) is 0 Å². The summed E-state index contributed by atoms with van der Waals surface area (Å²) in [6.07, 6.45) is 0.000654. The molecule has 2 amide bonds. The van der Waals surface area contributed by atoms with Gasteiger partial charge in [0.25, 0.3) is 11.8 Å². The lowest BCUT2D eigenvalue weighted by Crippen LogP contribution is -2.35. The van der Waals surface area contributed by atoms with Crippen LogP contribution in [0.5, 0.6) is 17.2 Å². The predicted molar refractivity (Wildman–Crippen MR) is 126 cm³/mol. The third-order valence-corrected chi connectivity index (χ3v) is 5.04.